The summed E-state index contributed by atoms with van der Waals surface area (Å²) in [6, 6.07) is 8.54. The Balaban J connectivity index is 2.09. The van der Waals surface area contributed by atoms with Gasteiger partial charge >= 0.3 is 0 Å². The fourth-order valence-electron chi connectivity index (χ4n) is 2.09. The lowest BCUT2D eigenvalue weighted by Crippen LogP contribution is -2.20. The maximum absolute atomic E-state index is 5.97. The standard InChI is InChI=1S/C15H20ClN3S/c1-4-17-11(2)12-7-8-18-15(9-12)19(3)10-13-5-6-14(16)20-13/h5-9,11,17H,4,10H2,1-3H3. The van der Waals surface area contributed by atoms with Gasteiger partial charge in [0.2, 0.25) is 0 Å². The van der Waals surface area contributed by atoms with Crippen LogP contribution >= 0.6 is 22.9 Å². The van der Waals surface area contributed by atoms with Crippen molar-refractivity contribution < 1.29 is 0 Å². The van der Waals surface area contributed by atoms with E-state index in [2.05, 4.69) is 54.3 Å². The van der Waals surface area contributed by atoms with Crippen LogP contribution in [0.4, 0.5) is 5.82 Å². The van der Waals surface area contributed by atoms with E-state index in [0.29, 0.717) is 6.04 Å². The van der Waals surface area contributed by atoms with Crippen LogP contribution in [0.25, 0.3) is 0 Å². The summed E-state index contributed by atoms with van der Waals surface area (Å²) < 4.78 is 0.830. The average molecular weight is 310 g/mol. The first-order valence-corrected chi connectivity index (χ1v) is 7.94. The van der Waals surface area contributed by atoms with Gasteiger partial charge in [-0.1, -0.05) is 18.5 Å². The van der Waals surface area contributed by atoms with Crippen molar-refractivity contribution in [2.24, 2.45) is 0 Å². The molecular weight excluding hydrogens is 290 g/mol. The van der Waals surface area contributed by atoms with Gasteiger partial charge in [0.1, 0.15) is 5.82 Å². The number of pyridine rings is 1. The number of rotatable bonds is 6. The molecule has 1 N–H and O–H groups in total. The summed E-state index contributed by atoms with van der Waals surface area (Å²) in [4.78, 5) is 7.84. The molecule has 1 unspecified atom stereocenters. The fraction of sp³-hybridized carbons (Fsp3) is 0.400. The van der Waals surface area contributed by atoms with Crippen molar-refractivity contribution in [1.82, 2.24) is 10.3 Å². The van der Waals surface area contributed by atoms with Gasteiger partial charge < -0.3 is 10.2 Å². The molecule has 2 aromatic rings. The smallest absolute Gasteiger partial charge is 0.128 e. The van der Waals surface area contributed by atoms with Gasteiger partial charge in [0.05, 0.1) is 10.9 Å². The van der Waals surface area contributed by atoms with E-state index in [4.69, 9.17) is 11.6 Å². The summed E-state index contributed by atoms with van der Waals surface area (Å²) in [5.74, 6) is 0.983. The SMILES string of the molecule is CCNC(C)c1ccnc(N(C)Cc2ccc(Cl)s2)c1. The van der Waals surface area contributed by atoms with E-state index in [1.54, 1.807) is 11.3 Å². The zero-order chi connectivity index (χ0) is 14.5. The molecule has 1 atom stereocenters. The molecule has 0 aliphatic carbocycles. The highest BCUT2D eigenvalue weighted by molar-refractivity contribution is 7.16. The second kappa shape index (κ2) is 7.07. The van der Waals surface area contributed by atoms with Crippen LogP contribution in [0, 0.1) is 0 Å². The number of hydrogen-bond donors (Lipinski definition) is 1. The minimum Gasteiger partial charge on any atom is -0.355 e. The lowest BCUT2D eigenvalue weighted by molar-refractivity contribution is 0.597. The van der Waals surface area contributed by atoms with Gasteiger partial charge in [-0.3, -0.25) is 0 Å². The largest absolute Gasteiger partial charge is 0.355 e. The van der Waals surface area contributed by atoms with Crippen LogP contribution in [-0.2, 0) is 6.54 Å². The van der Waals surface area contributed by atoms with Crippen LogP contribution in [0.15, 0.2) is 30.5 Å². The zero-order valence-electron chi connectivity index (χ0n) is 12.1. The average Bonchev–Trinajstić information content (AvgIpc) is 2.84. The van der Waals surface area contributed by atoms with E-state index in [-0.39, 0.29) is 0 Å². The highest BCUT2D eigenvalue weighted by atomic mass is 35.5. The van der Waals surface area contributed by atoms with Gasteiger partial charge in [-0.05, 0) is 43.3 Å². The molecule has 5 heteroatoms. The molecule has 0 saturated heterocycles. The van der Waals surface area contributed by atoms with Crippen molar-refractivity contribution in [2.75, 3.05) is 18.5 Å². The Hall–Kier alpha value is -1.10. The van der Waals surface area contributed by atoms with Crippen molar-refractivity contribution in [2.45, 2.75) is 26.4 Å². The van der Waals surface area contributed by atoms with Gasteiger partial charge in [0.25, 0.3) is 0 Å². The first-order valence-electron chi connectivity index (χ1n) is 6.75. The predicted octanol–water partition coefficient (Wildman–Crippen LogP) is 4.10. The van der Waals surface area contributed by atoms with Gasteiger partial charge in [-0.2, -0.15) is 0 Å². The molecule has 2 heterocycles. The topological polar surface area (TPSA) is 28.2 Å². The lowest BCUT2D eigenvalue weighted by Gasteiger charge is -2.19. The third-order valence-corrected chi connectivity index (χ3v) is 4.41. The van der Waals surface area contributed by atoms with Crippen molar-refractivity contribution in [3.63, 3.8) is 0 Å². The van der Waals surface area contributed by atoms with Gasteiger partial charge in [0, 0.05) is 24.2 Å². The summed E-state index contributed by atoms with van der Waals surface area (Å²) in [5.41, 5.74) is 1.26. The minimum absolute atomic E-state index is 0.339. The molecule has 0 amide bonds. The van der Waals surface area contributed by atoms with E-state index in [9.17, 15) is 0 Å². The second-order valence-corrected chi connectivity index (χ2v) is 6.59. The Morgan fingerprint density at radius 3 is 2.85 bits per heavy atom. The molecule has 3 nitrogen and oxygen atoms in total. The number of nitrogens with one attached hydrogen (secondary N) is 1. The third kappa shape index (κ3) is 3.95. The minimum atomic E-state index is 0.339. The zero-order valence-corrected chi connectivity index (χ0v) is 13.6. The third-order valence-electron chi connectivity index (χ3n) is 3.19. The van der Waals surface area contributed by atoms with E-state index in [1.165, 1.54) is 10.4 Å². The fourth-order valence-corrected chi connectivity index (χ4v) is 3.23. The highest BCUT2D eigenvalue weighted by Gasteiger charge is 2.09. The monoisotopic (exact) mass is 309 g/mol. The van der Waals surface area contributed by atoms with Gasteiger partial charge in [0.15, 0.2) is 0 Å². The van der Waals surface area contributed by atoms with Crippen molar-refractivity contribution in [1.29, 1.82) is 0 Å². The van der Waals surface area contributed by atoms with E-state index in [1.807, 2.05) is 12.3 Å². The van der Waals surface area contributed by atoms with Gasteiger partial charge in [-0.15, -0.1) is 11.3 Å². The van der Waals surface area contributed by atoms with Crippen LogP contribution in [0.3, 0.4) is 0 Å². The molecule has 20 heavy (non-hydrogen) atoms. The van der Waals surface area contributed by atoms with Crippen LogP contribution in [-0.4, -0.2) is 18.6 Å². The van der Waals surface area contributed by atoms with Crippen LogP contribution in [0.2, 0.25) is 4.34 Å². The Labute approximate surface area is 129 Å². The van der Waals surface area contributed by atoms with Gasteiger partial charge in [-0.25, -0.2) is 4.98 Å². The van der Waals surface area contributed by atoms with Crippen molar-refractivity contribution in [3.8, 4) is 0 Å². The molecule has 0 aromatic carbocycles. The lowest BCUT2D eigenvalue weighted by atomic mass is 10.1. The first-order chi connectivity index (χ1) is 9.60. The number of thiophene rings is 1. The summed E-state index contributed by atoms with van der Waals surface area (Å²) in [5, 5.41) is 3.42. The Kier molecular flexibility index (Phi) is 5.40. The molecule has 0 aliphatic rings. The van der Waals surface area contributed by atoms with Crippen molar-refractivity contribution in [3.05, 3.63) is 45.2 Å². The molecule has 2 aromatic heterocycles. The molecule has 0 saturated carbocycles. The van der Waals surface area contributed by atoms with Crippen molar-refractivity contribution >= 4 is 28.8 Å². The number of hydrogen-bond acceptors (Lipinski definition) is 4. The number of aromatic nitrogens is 1. The maximum atomic E-state index is 5.97. The van der Waals surface area contributed by atoms with E-state index >= 15 is 0 Å². The van der Waals surface area contributed by atoms with Crippen LogP contribution in [0.5, 0.6) is 0 Å². The van der Waals surface area contributed by atoms with Crippen LogP contribution < -0.4 is 10.2 Å². The molecule has 0 bridgehead atoms. The molecule has 0 spiro atoms. The maximum Gasteiger partial charge on any atom is 0.128 e. The molecule has 0 radical (unpaired) electrons. The number of anilines is 1. The normalized spacial score (nSPS) is 12.4. The Morgan fingerprint density at radius 2 is 2.20 bits per heavy atom. The summed E-state index contributed by atoms with van der Waals surface area (Å²) in [7, 11) is 2.05. The summed E-state index contributed by atoms with van der Waals surface area (Å²) in [6.07, 6.45) is 1.87. The first kappa shape index (κ1) is 15.3. The van der Waals surface area contributed by atoms with Crippen LogP contribution in [0.1, 0.15) is 30.3 Å². The Bertz CT molecular complexity index is 556. The molecule has 2 rings (SSSR count). The number of nitrogens with zero attached hydrogens (tertiary/aromatic N) is 2. The summed E-state index contributed by atoms with van der Waals surface area (Å²) in [6.45, 7) is 6.07. The molecule has 0 fully saturated rings. The predicted molar refractivity (Wildman–Crippen MR) is 87.8 cm³/mol. The molecule has 108 valence electrons. The quantitative estimate of drug-likeness (QED) is 0.870. The summed E-state index contributed by atoms with van der Waals surface area (Å²) >= 11 is 7.58. The van der Waals surface area contributed by atoms with E-state index in [0.717, 1.165) is 23.2 Å². The Morgan fingerprint density at radius 1 is 1.40 bits per heavy atom. The highest BCUT2D eigenvalue weighted by Crippen LogP contribution is 2.24. The molecular formula is C15H20ClN3S. The van der Waals surface area contributed by atoms with E-state index < -0.39 is 0 Å². The number of halogens is 1. The molecule has 0 aliphatic heterocycles. The second-order valence-electron chi connectivity index (χ2n) is 4.79.